The predicted molar refractivity (Wildman–Crippen MR) is 142 cm³/mol. The third-order valence-corrected chi connectivity index (χ3v) is 6.24. The zero-order valence-electron chi connectivity index (χ0n) is 21.8. The van der Waals surface area contributed by atoms with Crippen LogP contribution in [-0.4, -0.2) is 96.4 Å². The maximum Gasteiger partial charge on any atom is 0.345 e. The lowest BCUT2D eigenvalue weighted by atomic mass is 10.1. The second-order valence-electron chi connectivity index (χ2n) is 8.95. The standard InChI is InChI=1S/C28H30N4O7/c1-19(39-26(34)18-38-25(33)17-37-2)27(35)31-13-15-32(16-14-31)28(36)21-10-7-20(8-11-21)9-12-24-22-5-3-4-6-23(22)29-30-24/h3-12,19H,13-18H2,1-2H3,(H,29,30)/b12-9+. The van der Waals surface area contributed by atoms with Gasteiger partial charge in [-0.15, -0.1) is 0 Å². The van der Waals surface area contributed by atoms with Crippen LogP contribution in [0.3, 0.4) is 0 Å². The topological polar surface area (TPSA) is 131 Å². The molecule has 0 aliphatic carbocycles. The molecule has 1 aliphatic rings. The number of hydrogen-bond donors (Lipinski definition) is 1. The molecule has 1 unspecified atom stereocenters. The van der Waals surface area contributed by atoms with Crippen LogP contribution in [-0.2, 0) is 28.6 Å². The number of H-pyrrole nitrogens is 1. The van der Waals surface area contributed by atoms with Gasteiger partial charge in [0.1, 0.15) is 6.61 Å². The molecule has 2 amide bonds. The first-order valence-corrected chi connectivity index (χ1v) is 12.5. The number of fused-ring (bicyclic) bond motifs is 1. The fourth-order valence-corrected chi connectivity index (χ4v) is 4.17. The number of piperazine rings is 1. The van der Waals surface area contributed by atoms with E-state index in [0.29, 0.717) is 31.7 Å². The van der Waals surface area contributed by atoms with Gasteiger partial charge in [0.25, 0.3) is 11.8 Å². The second kappa shape index (κ2) is 12.8. The highest BCUT2D eigenvalue weighted by Gasteiger charge is 2.29. The number of methoxy groups -OCH3 is 1. The smallest absolute Gasteiger partial charge is 0.345 e. The number of amides is 2. The number of rotatable bonds is 9. The summed E-state index contributed by atoms with van der Waals surface area (Å²) >= 11 is 0. The van der Waals surface area contributed by atoms with E-state index in [1.54, 1.807) is 21.9 Å². The molecule has 1 aromatic heterocycles. The van der Waals surface area contributed by atoms with E-state index in [-0.39, 0.29) is 18.4 Å². The molecule has 2 heterocycles. The van der Waals surface area contributed by atoms with Gasteiger partial charge in [-0.2, -0.15) is 5.10 Å². The maximum atomic E-state index is 13.0. The van der Waals surface area contributed by atoms with Crippen LogP contribution in [0, 0.1) is 0 Å². The fraction of sp³-hybridized carbons (Fsp3) is 0.321. The molecule has 2 aromatic carbocycles. The number of benzene rings is 2. The average Bonchev–Trinajstić information content (AvgIpc) is 3.38. The van der Waals surface area contributed by atoms with Crippen LogP contribution < -0.4 is 0 Å². The van der Waals surface area contributed by atoms with Gasteiger partial charge >= 0.3 is 11.9 Å². The van der Waals surface area contributed by atoms with Gasteiger partial charge in [0.05, 0.1) is 11.2 Å². The Kier molecular flexibility index (Phi) is 9.06. The Balaban J connectivity index is 1.25. The predicted octanol–water partition coefficient (Wildman–Crippen LogP) is 2.14. The van der Waals surface area contributed by atoms with Crippen molar-refractivity contribution in [3.05, 3.63) is 65.4 Å². The molecule has 1 N–H and O–H groups in total. The monoisotopic (exact) mass is 534 g/mol. The van der Waals surface area contributed by atoms with E-state index in [1.807, 2.05) is 48.6 Å². The first-order chi connectivity index (χ1) is 18.9. The molecular weight excluding hydrogens is 504 g/mol. The SMILES string of the molecule is COCC(=O)OCC(=O)OC(C)C(=O)N1CCN(C(=O)c2ccc(/C=C/c3n[nH]c4ccccc34)cc2)CC1. The number of aromatic nitrogens is 2. The van der Waals surface area contributed by atoms with Gasteiger partial charge in [0.2, 0.25) is 0 Å². The summed E-state index contributed by atoms with van der Waals surface area (Å²) in [6.45, 7) is 1.91. The number of hydrogen-bond acceptors (Lipinski definition) is 8. The van der Waals surface area contributed by atoms with E-state index in [0.717, 1.165) is 22.2 Å². The van der Waals surface area contributed by atoms with Gasteiger partial charge in [0.15, 0.2) is 12.7 Å². The van der Waals surface area contributed by atoms with E-state index < -0.39 is 24.6 Å². The molecule has 4 rings (SSSR count). The summed E-state index contributed by atoms with van der Waals surface area (Å²) in [4.78, 5) is 52.0. The minimum atomic E-state index is -1.04. The van der Waals surface area contributed by atoms with Gasteiger partial charge in [-0.1, -0.05) is 36.4 Å². The van der Waals surface area contributed by atoms with Crippen LogP contribution in [0.25, 0.3) is 23.1 Å². The molecule has 0 spiro atoms. The van der Waals surface area contributed by atoms with Crippen LogP contribution in [0.15, 0.2) is 48.5 Å². The Morgan fingerprint density at radius 3 is 2.33 bits per heavy atom. The van der Waals surface area contributed by atoms with Crippen LogP contribution in [0.2, 0.25) is 0 Å². The molecular formula is C28H30N4O7. The van der Waals surface area contributed by atoms with E-state index in [2.05, 4.69) is 14.9 Å². The molecule has 0 saturated carbocycles. The first kappa shape index (κ1) is 27.5. The zero-order valence-corrected chi connectivity index (χ0v) is 21.8. The fourth-order valence-electron chi connectivity index (χ4n) is 4.17. The number of aromatic amines is 1. The molecule has 1 atom stereocenters. The Labute approximate surface area is 225 Å². The van der Waals surface area contributed by atoms with Crippen molar-refractivity contribution in [2.45, 2.75) is 13.0 Å². The van der Waals surface area contributed by atoms with Crippen molar-refractivity contribution < 1.29 is 33.4 Å². The summed E-state index contributed by atoms with van der Waals surface area (Å²) in [5.74, 6) is -2.03. The van der Waals surface area contributed by atoms with Crippen LogP contribution in [0.4, 0.5) is 0 Å². The quantitative estimate of drug-likeness (QED) is 0.413. The normalized spacial score (nSPS) is 14.4. The maximum absolute atomic E-state index is 13.0. The van der Waals surface area contributed by atoms with Crippen molar-refractivity contribution >= 4 is 46.8 Å². The highest BCUT2D eigenvalue weighted by Crippen LogP contribution is 2.18. The molecule has 3 aromatic rings. The van der Waals surface area contributed by atoms with E-state index in [4.69, 9.17) is 9.47 Å². The van der Waals surface area contributed by atoms with E-state index >= 15 is 0 Å². The van der Waals surface area contributed by atoms with E-state index in [1.165, 1.54) is 14.0 Å². The van der Waals surface area contributed by atoms with E-state index in [9.17, 15) is 19.2 Å². The Morgan fingerprint density at radius 1 is 0.923 bits per heavy atom. The van der Waals surface area contributed by atoms with Crippen molar-refractivity contribution in [1.82, 2.24) is 20.0 Å². The second-order valence-corrected chi connectivity index (χ2v) is 8.95. The van der Waals surface area contributed by atoms with Gasteiger partial charge in [-0.25, -0.2) is 9.59 Å². The summed E-state index contributed by atoms with van der Waals surface area (Å²) in [6, 6.07) is 15.2. The summed E-state index contributed by atoms with van der Waals surface area (Å²) < 4.78 is 14.4. The largest absolute Gasteiger partial charge is 0.452 e. The Bertz CT molecular complexity index is 1360. The number of nitrogens with one attached hydrogen (secondary N) is 1. The molecule has 39 heavy (non-hydrogen) atoms. The van der Waals surface area contributed by atoms with Crippen molar-refractivity contribution in [1.29, 1.82) is 0 Å². The third-order valence-electron chi connectivity index (χ3n) is 6.24. The molecule has 1 saturated heterocycles. The zero-order chi connectivity index (χ0) is 27.8. The van der Waals surface area contributed by atoms with Gasteiger partial charge in [0, 0.05) is 44.2 Å². The average molecular weight is 535 g/mol. The first-order valence-electron chi connectivity index (χ1n) is 12.5. The lowest BCUT2D eigenvalue weighted by Gasteiger charge is -2.35. The van der Waals surface area contributed by atoms with Crippen molar-refractivity contribution in [2.75, 3.05) is 46.5 Å². The van der Waals surface area contributed by atoms with Gasteiger partial charge < -0.3 is 24.0 Å². The molecule has 1 fully saturated rings. The molecule has 11 heteroatoms. The Morgan fingerprint density at radius 2 is 1.62 bits per heavy atom. The van der Waals surface area contributed by atoms with Gasteiger partial charge in [-0.3, -0.25) is 14.7 Å². The summed E-state index contributed by atoms with van der Waals surface area (Å²) in [5, 5.41) is 8.37. The number of ether oxygens (including phenoxy) is 3. The number of carbonyl (C=O) groups excluding carboxylic acids is 4. The van der Waals surface area contributed by atoms with Crippen LogP contribution >= 0.6 is 0 Å². The Hall–Kier alpha value is -4.51. The molecule has 0 radical (unpaired) electrons. The molecule has 0 bridgehead atoms. The van der Waals surface area contributed by atoms with Crippen molar-refractivity contribution in [2.24, 2.45) is 0 Å². The van der Waals surface area contributed by atoms with Gasteiger partial charge in [-0.05, 0) is 36.8 Å². The number of esters is 2. The minimum absolute atomic E-state index is 0.117. The summed E-state index contributed by atoms with van der Waals surface area (Å²) in [6.07, 6.45) is 2.83. The summed E-state index contributed by atoms with van der Waals surface area (Å²) in [5.41, 5.74) is 3.30. The lowest BCUT2D eigenvalue weighted by Crippen LogP contribution is -2.53. The van der Waals surface area contributed by atoms with Crippen LogP contribution in [0.1, 0.15) is 28.5 Å². The highest BCUT2D eigenvalue weighted by molar-refractivity contribution is 5.95. The number of nitrogens with zero attached hydrogens (tertiary/aromatic N) is 3. The molecule has 204 valence electrons. The van der Waals surface area contributed by atoms with Crippen molar-refractivity contribution in [3.8, 4) is 0 Å². The minimum Gasteiger partial charge on any atom is -0.452 e. The number of para-hydroxylation sites is 1. The summed E-state index contributed by atoms with van der Waals surface area (Å²) in [7, 11) is 1.33. The third kappa shape index (κ3) is 7.08. The van der Waals surface area contributed by atoms with Crippen LogP contribution in [0.5, 0.6) is 0 Å². The highest BCUT2D eigenvalue weighted by atomic mass is 16.6. The molecule has 1 aliphatic heterocycles. The lowest BCUT2D eigenvalue weighted by molar-refractivity contribution is -0.168. The van der Waals surface area contributed by atoms with Crippen molar-refractivity contribution in [3.63, 3.8) is 0 Å². The number of carbonyl (C=O) groups is 4. The molecule has 11 nitrogen and oxygen atoms in total.